The molecule has 15 heavy (non-hydrogen) atoms. The molecule has 0 saturated heterocycles. The maximum absolute atomic E-state index is 5.87. The zero-order chi connectivity index (χ0) is 10.7. The third-order valence-corrected chi connectivity index (χ3v) is 2.93. The van der Waals surface area contributed by atoms with Gasteiger partial charge in [-0.2, -0.15) is 0 Å². The highest BCUT2D eigenvalue weighted by Crippen LogP contribution is 2.33. The largest absolute Gasteiger partial charge is 0.387 e. The first-order chi connectivity index (χ1) is 7.31. The Morgan fingerprint density at radius 1 is 1.47 bits per heavy atom. The zero-order valence-corrected chi connectivity index (χ0v) is 9.24. The molecule has 0 heterocycles. The van der Waals surface area contributed by atoms with Gasteiger partial charge in [0.1, 0.15) is 0 Å². The highest BCUT2D eigenvalue weighted by Gasteiger charge is 2.20. The number of aliphatic imine (C=N–C) groups is 1. The van der Waals surface area contributed by atoms with Gasteiger partial charge in [-0.15, -0.1) is 0 Å². The molecule has 0 fully saturated rings. The summed E-state index contributed by atoms with van der Waals surface area (Å²) < 4.78 is 0. The van der Waals surface area contributed by atoms with Gasteiger partial charge in [-0.25, -0.2) is 0 Å². The van der Waals surface area contributed by atoms with E-state index in [1.165, 1.54) is 11.1 Å². The van der Waals surface area contributed by atoms with Crippen molar-refractivity contribution >= 4 is 5.84 Å². The van der Waals surface area contributed by atoms with Gasteiger partial charge in [-0.1, -0.05) is 31.2 Å². The van der Waals surface area contributed by atoms with Crippen LogP contribution in [0.4, 0.5) is 0 Å². The molecule has 0 aromatic heterocycles. The molecule has 1 aromatic rings. The first kappa shape index (κ1) is 10.2. The smallest absolute Gasteiger partial charge is 0.0944 e. The molecule has 0 spiro atoms. The molecule has 0 bridgehead atoms. The summed E-state index contributed by atoms with van der Waals surface area (Å²) in [5, 5.41) is 0. The summed E-state index contributed by atoms with van der Waals surface area (Å²) in [5.74, 6) is 0.805. The van der Waals surface area contributed by atoms with Gasteiger partial charge < -0.3 is 5.73 Å². The van der Waals surface area contributed by atoms with E-state index in [1.807, 2.05) is 0 Å². The molecule has 1 aliphatic rings. The van der Waals surface area contributed by atoms with E-state index in [1.54, 1.807) is 0 Å². The number of nitrogens with zero attached hydrogens (tertiary/aromatic N) is 1. The third-order valence-electron chi connectivity index (χ3n) is 2.93. The van der Waals surface area contributed by atoms with Gasteiger partial charge in [-0.05, 0) is 30.4 Å². The van der Waals surface area contributed by atoms with Gasteiger partial charge >= 0.3 is 0 Å². The Hall–Kier alpha value is -1.31. The van der Waals surface area contributed by atoms with Crippen molar-refractivity contribution in [1.29, 1.82) is 0 Å². The minimum atomic E-state index is 0.313. The average molecular weight is 202 g/mol. The van der Waals surface area contributed by atoms with E-state index < -0.39 is 0 Å². The Balaban J connectivity index is 2.17. The van der Waals surface area contributed by atoms with E-state index in [0.717, 1.165) is 31.5 Å². The van der Waals surface area contributed by atoms with Crippen molar-refractivity contribution in [2.24, 2.45) is 10.7 Å². The fourth-order valence-corrected chi connectivity index (χ4v) is 2.19. The van der Waals surface area contributed by atoms with Crippen LogP contribution >= 0.6 is 0 Å². The molecule has 2 heteroatoms. The molecule has 1 aliphatic carbocycles. The number of aryl methyl sites for hydroxylation is 1. The molecular weight excluding hydrogens is 184 g/mol. The van der Waals surface area contributed by atoms with E-state index in [0.29, 0.717) is 6.04 Å². The van der Waals surface area contributed by atoms with Crippen LogP contribution in [0.3, 0.4) is 0 Å². The quantitative estimate of drug-likeness (QED) is 0.594. The maximum Gasteiger partial charge on any atom is 0.0944 e. The van der Waals surface area contributed by atoms with Crippen LogP contribution in [0.15, 0.2) is 29.3 Å². The van der Waals surface area contributed by atoms with E-state index in [9.17, 15) is 0 Å². The van der Waals surface area contributed by atoms with E-state index in [2.05, 4.69) is 36.2 Å². The predicted molar refractivity (Wildman–Crippen MR) is 64.0 cm³/mol. The monoisotopic (exact) mass is 202 g/mol. The Morgan fingerprint density at radius 2 is 2.27 bits per heavy atom. The SMILES string of the molecule is CCCC(N)=NC1CCc2ccccc21. The van der Waals surface area contributed by atoms with Crippen LogP contribution in [0.1, 0.15) is 43.4 Å². The van der Waals surface area contributed by atoms with Crippen molar-refractivity contribution in [3.8, 4) is 0 Å². The summed E-state index contributed by atoms with van der Waals surface area (Å²) in [6.07, 6.45) is 4.25. The highest BCUT2D eigenvalue weighted by atomic mass is 14.9. The second kappa shape index (κ2) is 4.47. The molecule has 0 radical (unpaired) electrons. The summed E-state index contributed by atoms with van der Waals surface area (Å²) in [6, 6.07) is 8.87. The number of nitrogens with two attached hydrogens (primary N) is 1. The van der Waals surface area contributed by atoms with Crippen molar-refractivity contribution in [2.45, 2.75) is 38.6 Å². The third kappa shape index (κ3) is 2.20. The van der Waals surface area contributed by atoms with Crippen LogP contribution in [-0.2, 0) is 6.42 Å². The maximum atomic E-state index is 5.87. The Kier molecular flexibility index (Phi) is 3.05. The van der Waals surface area contributed by atoms with Crippen molar-refractivity contribution in [1.82, 2.24) is 0 Å². The average Bonchev–Trinajstić information content (AvgIpc) is 2.62. The number of benzene rings is 1. The van der Waals surface area contributed by atoms with Crippen LogP contribution in [0.2, 0.25) is 0 Å². The molecule has 2 nitrogen and oxygen atoms in total. The lowest BCUT2D eigenvalue weighted by Gasteiger charge is -2.07. The molecule has 2 rings (SSSR count). The molecular formula is C13H18N2. The molecule has 1 atom stereocenters. The van der Waals surface area contributed by atoms with Crippen molar-refractivity contribution < 1.29 is 0 Å². The molecule has 0 aliphatic heterocycles. The lowest BCUT2D eigenvalue weighted by molar-refractivity contribution is 0.710. The lowest BCUT2D eigenvalue weighted by Crippen LogP contribution is -2.12. The number of rotatable bonds is 3. The van der Waals surface area contributed by atoms with E-state index in [-0.39, 0.29) is 0 Å². The van der Waals surface area contributed by atoms with E-state index >= 15 is 0 Å². The van der Waals surface area contributed by atoms with Gasteiger partial charge in [-0.3, -0.25) is 4.99 Å². The number of amidine groups is 1. The topological polar surface area (TPSA) is 38.4 Å². The van der Waals surface area contributed by atoms with Crippen molar-refractivity contribution in [3.05, 3.63) is 35.4 Å². The van der Waals surface area contributed by atoms with Gasteiger partial charge in [0.25, 0.3) is 0 Å². The Morgan fingerprint density at radius 3 is 3.07 bits per heavy atom. The summed E-state index contributed by atoms with van der Waals surface area (Å²) >= 11 is 0. The first-order valence-corrected chi connectivity index (χ1v) is 5.71. The zero-order valence-electron chi connectivity index (χ0n) is 9.24. The number of hydrogen-bond acceptors (Lipinski definition) is 1. The van der Waals surface area contributed by atoms with Crippen molar-refractivity contribution in [3.63, 3.8) is 0 Å². The van der Waals surface area contributed by atoms with Gasteiger partial charge in [0.05, 0.1) is 11.9 Å². The fraction of sp³-hybridized carbons (Fsp3) is 0.462. The van der Waals surface area contributed by atoms with Crippen LogP contribution in [-0.4, -0.2) is 5.84 Å². The Bertz CT molecular complexity index is 369. The van der Waals surface area contributed by atoms with Gasteiger partial charge in [0, 0.05) is 6.42 Å². The van der Waals surface area contributed by atoms with Crippen LogP contribution in [0.25, 0.3) is 0 Å². The van der Waals surface area contributed by atoms with Gasteiger partial charge in [0.15, 0.2) is 0 Å². The summed E-state index contributed by atoms with van der Waals surface area (Å²) in [7, 11) is 0. The summed E-state index contributed by atoms with van der Waals surface area (Å²) in [6.45, 7) is 2.13. The summed E-state index contributed by atoms with van der Waals surface area (Å²) in [5.41, 5.74) is 8.68. The normalized spacial score (nSPS) is 20.3. The lowest BCUT2D eigenvalue weighted by atomic mass is 10.1. The molecule has 0 saturated carbocycles. The molecule has 2 N–H and O–H groups in total. The fourth-order valence-electron chi connectivity index (χ4n) is 2.19. The minimum absolute atomic E-state index is 0.313. The van der Waals surface area contributed by atoms with Crippen LogP contribution in [0, 0.1) is 0 Å². The van der Waals surface area contributed by atoms with Crippen LogP contribution in [0.5, 0.6) is 0 Å². The molecule has 1 aromatic carbocycles. The number of hydrogen-bond donors (Lipinski definition) is 1. The minimum Gasteiger partial charge on any atom is -0.387 e. The Labute approximate surface area is 91.2 Å². The summed E-state index contributed by atoms with van der Waals surface area (Å²) in [4.78, 5) is 4.60. The second-order valence-corrected chi connectivity index (χ2v) is 4.12. The standard InChI is InChI=1S/C13H18N2/c1-2-5-13(14)15-12-9-8-10-6-3-4-7-11(10)12/h3-4,6-7,12H,2,5,8-9H2,1H3,(H2,14,15). The highest BCUT2D eigenvalue weighted by molar-refractivity contribution is 5.80. The number of fused-ring (bicyclic) bond motifs is 1. The molecule has 0 amide bonds. The predicted octanol–water partition coefficient (Wildman–Crippen LogP) is 2.83. The van der Waals surface area contributed by atoms with Crippen LogP contribution < -0.4 is 5.73 Å². The van der Waals surface area contributed by atoms with Crippen molar-refractivity contribution in [2.75, 3.05) is 0 Å². The molecule has 80 valence electrons. The van der Waals surface area contributed by atoms with Gasteiger partial charge in [0.2, 0.25) is 0 Å². The van der Waals surface area contributed by atoms with E-state index in [4.69, 9.17) is 5.73 Å². The molecule has 1 unspecified atom stereocenters. The first-order valence-electron chi connectivity index (χ1n) is 5.71. The second-order valence-electron chi connectivity index (χ2n) is 4.12.